The molecule has 0 aliphatic rings. The minimum absolute atomic E-state index is 0.137. The van der Waals surface area contributed by atoms with Crippen LogP contribution in [0.2, 0.25) is 0 Å². The highest BCUT2D eigenvalue weighted by Gasteiger charge is 2.22. The molecule has 2 rings (SSSR count). The Morgan fingerprint density at radius 3 is 2.41 bits per heavy atom. The Labute approximate surface area is 166 Å². The Kier molecular flexibility index (Phi) is 7.19. The molecule has 3 N–H and O–H groups in total. The van der Waals surface area contributed by atoms with Crippen molar-refractivity contribution >= 4 is 29.5 Å². The number of carbonyl (C=O) groups excluding carboxylic acids is 2. The first kappa shape index (κ1) is 21.3. The van der Waals surface area contributed by atoms with Gasteiger partial charge in [-0.15, -0.1) is 0 Å². The second-order valence-corrected chi connectivity index (χ2v) is 6.00. The quantitative estimate of drug-likeness (QED) is 0.355. The van der Waals surface area contributed by atoms with Crippen molar-refractivity contribution in [2.24, 2.45) is 0 Å². The van der Waals surface area contributed by atoms with Crippen molar-refractivity contribution in [3.63, 3.8) is 0 Å². The van der Waals surface area contributed by atoms with E-state index in [4.69, 9.17) is 5.11 Å². The summed E-state index contributed by atoms with van der Waals surface area (Å²) in [5.74, 6) is -2.62. The molecule has 0 saturated carbocycles. The number of amides is 2. The molecular weight excluding hydrogens is 378 g/mol. The van der Waals surface area contributed by atoms with E-state index in [1.807, 2.05) is 0 Å². The Hall–Kier alpha value is -4.01. The Balaban J connectivity index is 2.37. The zero-order valence-corrected chi connectivity index (χ0v) is 15.5. The van der Waals surface area contributed by atoms with E-state index in [1.165, 1.54) is 30.3 Å². The molecule has 0 aliphatic heterocycles. The van der Waals surface area contributed by atoms with Crippen LogP contribution in [0.3, 0.4) is 0 Å². The summed E-state index contributed by atoms with van der Waals surface area (Å²) in [7, 11) is 0. The van der Waals surface area contributed by atoms with Crippen LogP contribution in [-0.4, -0.2) is 33.9 Å². The highest BCUT2D eigenvalue weighted by molar-refractivity contribution is 6.06. The monoisotopic (exact) mass is 397 g/mol. The van der Waals surface area contributed by atoms with Crippen LogP contribution < -0.4 is 10.6 Å². The number of hydrogen-bond acceptors (Lipinski definition) is 5. The van der Waals surface area contributed by atoms with Crippen LogP contribution in [0, 0.1) is 10.1 Å². The highest BCUT2D eigenvalue weighted by atomic mass is 16.6. The molecule has 2 aromatic rings. The van der Waals surface area contributed by atoms with Crippen molar-refractivity contribution in [1.29, 1.82) is 0 Å². The van der Waals surface area contributed by atoms with Crippen LogP contribution in [0.5, 0.6) is 0 Å². The second-order valence-electron chi connectivity index (χ2n) is 6.00. The van der Waals surface area contributed by atoms with Crippen LogP contribution >= 0.6 is 0 Å². The number of non-ortho nitro benzene ring substituents is 1. The first-order valence-electron chi connectivity index (χ1n) is 8.68. The normalized spacial score (nSPS) is 12.0. The number of rotatable bonds is 8. The third-order valence-corrected chi connectivity index (χ3v) is 3.93. The average Bonchev–Trinajstić information content (AvgIpc) is 2.71. The Bertz CT molecular complexity index is 956. The molecule has 1 unspecified atom stereocenters. The van der Waals surface area contributed by atoms with E-state index >= 15 is 0 Å². The minimum Gasteiger partial charge on any atom is -0.480 e. The van der Waals surface area contributed by atoms with Crippen molar-refractivity contribution in [3.05, 3.63) is 81.5 Å². The summed E-state index contributed by atoms with van der Waals surface area (Å²) < 4.78 is 0. The van der Waals surface area contributed by atoms with E-state index in [2.05, 4.69) is 10.6 Å². The number of benzene rings is 2. The summed E-state index contributed by atoms with van der Waals surface area (Å²) in [5.41, 5.74) is 0.153. The number of nitrogens with one attached hydrogen (secondary N) is 2. The summed E-state index contributed by atoms with van der Waals surface area (Å²) >= 11 is 0. The van der Waals surface area contributed by atoms with Gasteiger partial charge in [0.15, 0.2) is 0 Å². The summed E-state index contributed by atoms with van der Waals surface area (Å²) in [5, 5.41) is 24.9. The lowest BCUT2D eigenvalue weighted by Crippen LogP contribution is -2.44. The molecule has 150 valence electrons. The van der Waals surface area contributed by atoms with Gasteiger partial charge in [-0.25, -0.2) is 4.79 Å². The highest BCUT2D eigenvalue weighted by Crippen LogP contribution is 2.16. The van der Waals surface area contributed by atoms with Gasteiger partial charge < -0.3 is 15.7 Å². The maximum atomic E-state index is 12.6. The third kappa shape index (κ3) is 5.99. The van der Waals surface area contributed by atoms with E-state index in [-0.39, 0.29) is 23.4 Å². The summed E-state index contributed by atoms with van der Waals surface area (Å²) in [6.07, 6.45) is 1.38. The van der Waals surface area contributed by atoms with Gasteiger partial charge in [0.25, 0.3) is 17.5 Å². The second kappa shape index (κ2) is 9.79. The maximum Gasteiger partial charge on any atom is 0.326 e. The fraction of sp³-hybridized carbons (Fsp3) is 0.150. The van der Waals surface area contributed by atoms with E-state index in [1.54, 1.807) is 37.3 Å². The van der Waals surface area contributed by atoms with E-state index in [0.29, 0.717) is 5.56 Å². The maximum absolute atomic E-state index is 12.6. The van der Waals surface area contributed by atoms with Crippen molar-refractivity contribution in [1.82, 2.24) is 10.6 Å². The van der Waals surface area contributed by atoms with Gasteiger partial charge in [0.2, 0.25) is 0 Å². The Morgan fingerprint density at radius 1 is 1.14 bits per heavy atom. The number of nitro groups is 1. The van der Waals surface area contributed by atoms with Gasteiger partial charge in [0.05, 0.1) is 4.92 Å². The smallest absolute Gasteiger partial charge is 0.326 e. The van der Waals surface area contributed by atoms with Crippen LogP contribution in [0.4, 0.5) is 5.69 Å². The predicted molar refractivity (Wildman–Crippen MR) is 105 cm³/mol. The molecule has 0 spiro atoms. The fourth-order valence-electron chi connectivity index (χ4n) is 2.41. The summed E-state index contributed by atoms with van der Waals surface area (Å²) in [6.45, 7) is 1.59. The van der Waals surface area contributed by atoms with Crippen LogP contribution in [0.1, 0.15) is 29.3 Å². The van der Waals surface area contributed by atoms with Gasteiger partial charge in [-0.1, -0.05) is 37.3 Å². The number of nitro benzene ring substituents is 1. The van der Waals surface area contributed by atoms with Gasteiger partial charge in [-0.05, 0) is 30.2 Å². The molecule has 9 nitrogen and oxygen atoms in total. The van der Waals surface area contributed by atoms with Gasteiger partial charge in [0, 0.05) is 17.7 Å². The lowest BCUT2D eigenvalue weighted by atomic mass is 10.1. The first-order valence-corrected chi connectivity index (χ1v) is 8.68. The predicted octanol–water partition coefficient (Wildman–Crippen LogP) is 2.35. The molecule has 0 aliphatic carbocycles. The number of nitrogens with zero attached hydrogens (tertiary/aromatic N) is 1. The lowest BCUT2D eigenvalue weighted by molar-refractivity contribution is -0.384. The standard InChI is InChI=1S/C20H19N3O6/c1-2-16(20(26)27)21-19(25)17(22-18(24)14-8-4-3-5-9-14)12-13-7-6-10-15(11-13)23(28)29/h3-12,16H,2H2,1H3,(H,21,25)(H,22,24)(H,26,27)/b17-12+. The van der Waals surface area contributed by atoms with Gasteiger partial charge in [-0.3, -0.25) is 19.7 Å². The molecule has 0 heterocycles. The van der Waals surface area contributed by atoms with E-state index in [9.17, 15) is 24.5 Å². The zero-order chi connectivity index (χ0) is 21.4. The number of aliphatic carboxylic acids is 1. The molecule has 0 saturated heterocycles. The van der Waals surface area contributed by atoms with E-state index in [0.717, 1.165) is 0 Å². The molecule has 1 atom stereocenters. The van der Waals surface area contributed by atoms with Gasteiger partial charge in [0.1, 0.15) is 11.7 Å². The SMILES string of the molecule is CCC(NC(=O)/C(=C\c1cccc([N+](=O)[O-])c1)NC(=O)c1ccccc1)C(=O)O. The molecule has 2 aromatic carbocycles. The molecular formula is C20H19N3O6. The average molecular weight is 397 g/mol. The largest absolute Gasteiger partial charge is 0.480 e. The number of carboxylic acids is 1. The van der Waals surface area contributed by atoms with E-state index < -0.39 is 28.7 Å². The molecule has 2 amide bonds. The van der Waals surface area contributed by atoms with Crippen molar-refractivity contribution < 1.29 is 24.4 Å². The molecule has 9 heteroatoms. The van der Waals surface area contributed by atoms with Crippen LogP contribution in [-0.2, 0) is 9.59 Å². The summed E-state index contributed by atoms with van der Waals surface area (Å²) in [4.78, 5) is 46.7. The third-order valence-electron chi connectivity index (χ3n) is 3.93. The Morgan fingerprint density at radius 2 is 1.83 bits per heavy atom. The lowest BCUT2D eigenvalue weighted by Gasteiger charge is -2.15. The first-order chi connectivity index (χ1) is 13.8. The molecule has 0 aromatic heterocycles. The number of hydrogen-bond donors (Lipinski definition) is 3. The number of carbonyl (C=O) groups is 3. The van der Waals surface area contributed by atoms with Crippen molar-refractivity contribution in [2.75, 3.05) is 0 Å². The number of carboxylic acid groups (broad SMARTS) is 1. The van der Waals surface area contributed by atoms with Gasteiger partial charge >= 0.3 is 5.97 Å². The summed E-state index contributed by atoms with van der Waals surface area (Å²) in [6, 6.07) is 12.4. The molecule has 0 bridgehead atoms. The minimum atomic E-state index is -1.22. The fourth-order valence-corrected chi connectivity index (χ4v) is 2.41. The molecule has 29 heavy (non-hydrogen) atoms. The van der Waals surface area contributed by atoms with Crippen LogP contribution in [0.15, 0.2) is 60.3 Å². The van der Waals surface area contributed by atoms with Crippen LogP contribution in [0.25, 0.3) is 6.08 Å². The van der Waals surface area contributed by atoms with Gasteiger partial charge in [-0.2, -0.15) is 0 Å². The molecule has 0 fully saturated rings. The van der Waals surface area contributed by atoms with Crippen molar-refractivity contribution in [2.45, 2.75) is 19.4 Å². The topological polar surface area (TPSA) is 139 Å². The van der Waals surface area contributed by atoms with Crippen molar-refractivity contribution in [3.8, 4) is 0 Å². The molecule has 0 radical (unpaired) electrons. The zero-order valence-electron chi connectivity index (χ0n) is 15.5.